The van der Waals surface area contributed by atoms with Crippen LogP contribution in [-0.4, -0.2) is 24.0 Å². The lowest BCUT2D eigenvalue weighted by atomic mass is 10.1. The zero-order chi connectivity index (χ0) is 12.2. The van der Waals surface area contributed by atoms with Gasteiger partial charge in [0.15, 0.2) is 0 Å². The lowest BCUT2D eigenvalue weighted by Gasteiger charge is -2.19. The van der Waals surface area contributed by atoms with Crippen molar-refractivity contribution >= 4 is 11.9 Å². The molecule has 0 bridgehead atoms. The van der Waals surface area contributed by atoms with Crippen LogP contribution >= 0.6 is 0 Å². The van der Waals surface area contributed by atoms with E-state index in [2.05, 4.69) is 5.32 Å². The Morgan fingerprint density at radius 2 is 1.94 bits per heavy atom. The van der Waals surface area contributed by atoms with Crippen molar-refractivity contribution < 1.29 is 14.3 Å². The topological polar surface area (TPSA) is 55.4 Å². The predicted molar refractivity (Wildman–Crippen MR) is 61.2 cm³/mol. The van der Waals surface area contributed by atoms with E-state index >= 15 is 0 Å². The number of ether oxygens (including phenoxy) is 1. The van der Waals surface area contributed by atoms with E-state index < -0.39 is 11.7 Å². The number of Topliss-reactive ketones (excluding diaryl/α,β-unsaturated/α-hetero) is 1. The smallest absolute Gasteiger partial charge is 0.407 e. The fourth-order valence-electron chi connectivity index (χ4n) is 1.38. The van der Waals surface area contributed by atoms with Gasteiger partial charge < -0.3 is 10.1 Å². The van der Waals surface area contributed by atoms with Gasteiger partial charge in [-0.1, -0.05) is 0 Å². The molecule has 1 fully saturated rings. The van der Waals surface area contributed by atoms with Crippen molar-refractivity contribution in [3.8, 4) is 0 Å². The maximum Gasteiger partial charge on any atom is 0.407 e. The summed E-state index contributed by atoms with van der Waals surface area (Å²) in [6, 6.07) is 0. The van der Waals surface area contributed by atoms with Gasteiger partial charge in [-0.05, 0) is 40.0 Å². The van der Waals surface area contributed by atoms with Crippen molar-refractivity contribution in [2.24, 2.45) is 5.92 Å². The second kappa shape index (κ2) is 5.32. The molecule has 1 N–H and O–H groups in total. The fourth-order valence-corrected chi connectivity index (χ4v) is 1.38. The summed E-state index contributed by atoms with van der Waals surface area (Å²) in [5.41, 5.74) is -0.464. The van der Waals surface area contributed by atoms with Crippen molar-refractivity contribution in [2.75, 3.05) is 6.54 Å². The molecule has 0 aromatic rings. The molecular weight excluding hydrogens is 206 g/mol. The number of rotatable bonds is 5. The quantitative estimate of drug-likeness (QED) is 0.733. The monoisotopic (exact) mass is 227 g/mol. The molecule has 92 valence electrons. The van der Waals surface area contributed by atoms with Crippen molar-refractivity contribution in [1.29, 1.82) is 0 Å². The van der Waals surface area contributed by atoms with Crippen LogP contribution in [0.1, 0.15) is 46.5 Å². The van der Waals surface area contributed by atoms with E-state index in [0.717, 1.165) is 12.8 Å². The van der Waals surface area contributed by atoms with Gasteiger partial charge in [0, 0.05) is 18.9 Å². The van der Waals surface area contributed by atoms with Crippen LogP contribution in [0.5, 0.6) is 0 Å². The van der Waals surface area contributed by atoms with Crippen LogP contribution in [0, 0.1) is 5.92 Å². The van der Waals surface area contributed by atoms with Crippen LogP contribution in [-0.2, 0) is 9.53 Å². The first-order chi connectivity index (χ1) is 7.38. The number of alkyl carbamates (subject to hydrolysis) is 1. The predicted octanol–water partition coefficient (Wildman–Crippen LogP) is 2.27. The number of amides is 1. The molecule has 0 atom stereocenters. The molecule has 1 amide bonds. The maximum absolute atomic E-state index is 11.3. The second-order valence-corrected chi connectivity index (χ2v) is 5.27. The van der Waals surface area contributed by atoms with E-state index in [1.807, 2.05) is 20.8 Å². The van der Waals surface area contributed by atoms with Crippen LogP contribution in [0.4, 0.5) is 4.79 Å². The Hall–Kier alpha value is -1.06. The Labute approximate surface area is 96.7 Å². The van der Waals surface area contributed by atoms with Crippen molar-refractivity contribution in [3.05, 3.63) is 0 Å². The Kier molecular flexibility index (Phi) is 4.33. The first-order valence-electron chi connectivity index (χ1n) is 5.88. The van der Waals surface area contributed by atoms with E-state index in [0.29, 0.717) is 31.1 Å². The number of hydrogen-bond donors (Lipinski definition) is 1. The molecule has 4 nitrogen and oxygen atoms in total. The third kappa shape index (κ3) is 5.73. The zero-order valence-corrected chi connectivity index (χ0v) is 10.3. The molecule has 0 radical (unpaired) electrons. The largest absolute Gasteiger partial charge is 0.444 e. The zero-order valence-electron chi connectivity index (χ0n) is 10.3. The highest BCUT2D eigenvalue weighted by Gasteiger charge is 2.28. The Bertz CT molecular complexity index is 264. The Balaban J connectivity index is 2.02. The van der Waals surface area contributed by atoms with Gasteiger partial charge in [-0.2, -0.15) is 0 Å². The van der Waals surface area contributed by atoms with Crippen molar-refractivity contribution in [1.82, 2.24) is 5.32 Å². The standard InChI is InChI=1S/C12H21NO3/c1-12(2,3)16-11(15)13-8-4-5-10(14)9-6-7-9/h9H,4-8H2,1-3H3,(H,13,15). The van der Waals surface area contributed by atoms with Crippen LogP contribution in [0.25, 0.3) is 0 Å². The summed E-state index contributed by atoms with van der Waals surface area (Å²) in [6.45, 7) is 5.98. The lowest BCUT2D eigenvalue weighted by molar-refractivity contribution is -0.120. The highest BCUT2D eigenvalue weighted by Crippen LogP contribution is 2.31. The average molecular weight is 227 g/mol. The summed E-state index contributed by atoms with van der Waals surface area (Å²) in [6.07, 6.45) is 2.97. The molecule has 0 heterocycles. The Morgan fingerprint density at radius 3 is 2.44 bits per heavy atom. The van der Waals surface area contributed by atoms with Gasteiger partial charge >= 0.3 is 6.09 Å². The molecular formula is C12H21NO3. The van der Waals surface area contributed by atoms with Gasteiger partial charge in [-0.15, -0.1) is 0 Å². The number of nitrogens with one attached hydrogen (secondary N) is 1. The number of carbonyl (C=O) groups excluding carboxylic acids is 2. The third-order valence-corrected chi connectivity index (χ3v) is 2.30. The average Bonchev–Trinajstić information content (AvgIpc) is 2.91. The van der Waals surface area contributed by atoms with Gasteiger partial charge in [0.25, 0.3) is 0 Å². The van der Waals surface area contributed by atoms with Gasteiger partial charge in [0.05, 0.1) is 0 Å². The van der Waals surface area contributed by atoms with Crippen molar-refractivity contribution in [3.63, 3.8) is 0 Å². The highest BCUT2D eigenvalue weighted by molar-refractivity contribution is 5.83. The van der Waals surface area contributed by atoms with Gasteiger partial charge in [-0.25, -0.2) is 4.79 Å². The number of carbonyl (C=O) groups is 2. The van der Waals surface area contributed by atoms with Crippen LogP contribution in [0.2, 0.25) is 0 Å². The summed E-state index contributed by atoms with van der Waals surface area (Å²) in [5.74, 6) is 0.660. The minimum absolute atomic E-state index is 0.321. The normalized spacial score (nSPS) is 15.7. The minimum atomic E-state index is -0.464. The van der Waals surface area contributed by atoms with E-state index in [1.54, 1.807) is 0 Å². The lowest BCUT2D eigenvalue weighted by Crippen LogP contribution is -2.33. The van der Waals surface area contributed by atoms with Gasteiger partial charge in [-0.3, -0.25) is 4.79 Å². The maximum atomic E-state index is 11.3. The molecule has 0 aliphatic heterocycles. The molecule has 1 aliphatic rings. The van der Waals surface area contributed by atoms with Gasteiger partial charge in [0.1, 0.15) is 11.4 Å². The molecule has 0 spiro atoms. The summed E-state index contributed by atoms with van der Waals surface area (Å²) >= 11 is 0. The molecule has 16 heavy (non-hydrogen) atoms. The SMILES string of the molecule is CC(C)(C)OC(=O)NCCCC(=O)C1CC1. The Morgan fingerprint density at radius 1 is 1.31 bits per heavy atom. The highest BCUT2D eigenvalue weighted by atomic mass is 16.6. The second-order valence-electron chi connectivity index (χ2n) is 5.27. The summed E-state index contributed by atoms with van der Waals surface area (Å²) in [7, 11) is 0. The third-order valence-electron chi connectivity index (χ3n) is 2.30. The first kappa shape index (κ1) is 13.0. The first-order valence-corrected chi connectivity index (χ1v) is 5.88. The number of ketones is 1. The van der Waals surface area contributed by atoms with E-state index in [1.165, 1.54) is 0 Å². The van der Waals surface area contributed by atoms with Crippen LogP contribution in [0.3, 0.4) is 0 Å². The summed E-state index contributed by atoms with van der Waals surface area (Å²) < 4.78 is 5.07. The molecule has 4 heteroatoms. The molecule has 0 aromatic carbocycles. The van der Waals surface area contributed by atoms with E-state index in [9.17, 15) is 9.59 Å². The summed E-state index contributed by atoms with van der Waals surface area (Å²) in [5, 5.41) is 2.64. The van der Waals surface area contributed by atoms with Crippen molar-refractivity contribution in [2.45, 2.75) is 52.1 Å². The minimum Gasteiger partial charge on any atom is -0.444 e. The summed E-state index contributed by atoms with van der Waals surface area (Å²) in [4.78, 5) is 22.6. The molecule has 1 aliphatic carbocycles. The molecule has 0 saturated heterocycles. The van der Waals surface area contributed by atoms with Gasteiger partial charge in [0.2, 0.25) is 0 Å². The van der Waals surface area contributed by atoms with Crippen LogP contribution in [0.15, 0.2) is 0 Å². The van der Waals surface area contributed by atoms with E-state index in [4.69, 9.17) is 4.74 Å². The molecule has 1 rings (SSSR count). The van der Waals surface area contributed by atoms with E-state index in [-0.39, 0.29) is 0 Å². The fraction of sp³-hybridized carbons (Fsp3) is 0.833. The molecule has 0 unspecified atom stereocenters. The number of hydrogen-bond acceptors (Lipinski definition) is 3. The molecule has 1 saturated carbocycles. The van der Waals surface area contributed by atoms with Crippen LogP contribution < -0.4 is 5.32 Å². The molecule has 0 aromatic heterocycles.